The molecule has 0 saturated carbocycles. The zero-order valence-corrected chi connectivity index (χ0v) is 16.6. The zero-order chi connectivity index (χ0) is 20.7. The summed E-state index contributed by atoms with van der Waals surface area (Å²) in [5, 5.41) is 19.6. The van der Waals surface area contributed by atoms with Crippen molar-refractivity contribution >= 4 is 39.8 Å². The standard InChI is InChI=1S/C19H16ClN7O2/c1-10-5-4-6-13-11(2)7-14(23-16(10)13)26-15(8-12(3)25-26)24-19-17(27(28)29)18(20)21-9-22-19/h4-9H,1-3H3,(H,21,22,24). The van der Waals surface area contributed by atoms with Gasteiger partial charge in [0.1, 0.15) is 12.1 Å². The van der Waals surface area contributed by atoms with E-state index in [2.05, 4.69) is 20.4 Å². The molecule has 0 aliphatic heterocycles. The number of hydrogen-bond acceptors (Lipinski definition) is 7. The first kappa shape index (κ1) is 18.8. The van der Waals surface area contributed by atoms with Crippen LogP contribution in [0.4, 0.5) is 17.3 Å². The van der Waals surface area contributed by atoms with E-state index >= 15 is 0 Å². The Morgan fingerprint density at radius 2 is 1.93 bits per heavy atom. The van der Waals surface area contributed by atoms with Crippen LogP contribution in [0.1, 0.15) is 16.8 Å². The quantitative estimate of drug-likeness (QED) is 0.301. The molecule has 3 heterocycles. The number of aromatic nitrogens is 5. The maximum atomic E-state index is 11.4. The molecular formula is C19H16ClN7O2. The molecule has 0 bridgehead atoms. The highest BCUT2D eigenvalue weighted by molar-refractivity contribution is 6.31. The minimum absolute atomic E-state index is 0.0233. The summed E-state index contributed by atoms with van der Waals surface area (Å²) >= 11 is 5.89. The largest absolute Gasteiger partial charge is 0.348 e. The Morgan fingerprint density at radius 1 is 1.14 bits per heavy atom. The smallest absolute Gasteiger partial charge is 0.319 e. The maximum Gasteiger partial charge on any atom is 0.348 e. The van der Waals surface area contributed by atoms with E-state index in [1.54, 1.807) is 10.7 Å². The number of hydrogen-bond donors (Lipinski definition) is 1. The molecule has 1 N–H and O–H groups in total. The molecule has 0 aliphatic rings. The second-order valence-electron chi connectivity index (χ2n) is 6.59. The first-order valence-corrected chi connectivity index (χ1v) is 9.09. The van der Waals surface area contributed by atoms with Gasteiger partial charge in [0.05, 0.1) is 16.1 Å². The number of para-hydroxylation sites is 1. The Balaban J connectivity index is 1.86. The van der Waals surface area contributed by atoms with Gasteiger partial charge in [-0.1, -0.05) is 29.8 Å². The van der Waals surface area contributed by atoms with Crippen molar-refractivity contribution in [3.8, 4) is 5.82 Å². The van der Waals surface area contributed by atoms with Crippen LogP contribution in [-0.2, 0) is 0 Å². The van der Waals surface area contributed by atoms with Gasteiger partial charge in [0.2, 0.25) is 11.0 Å². The van der Waals surface area contributed by atoms with Crippen molar-refractivity contribution in [1.82, 2.24) is 24.7 Å². The fourth-order valence-electron chi connectivity index (χ4n) is 3.15. The predicted octanol–water partition coefficient (Wildman–Crippen LogP) is 4.44. The Morgan fingerprint density at radius 3 is 2.69 bits per heavy atom. The summed E-state index contributed by atoms with van der Waals surface area (Å²) in [6.07, 6.45) is 1.16. The first-order valence-electron chi connectivity index (χ1n) is 8.71. The Bertz CT molecular complexity index is 1270. The fourth-order valence-corrected chi connectivity index (χ4v) is 3.35. The third-order valence-electron chi connectivity index (χ3n) is 4.49. The van der Waals surface area contributed by atoms with Crippen LogP contribution >= 0.6 is 11.6 Å². The highest BCUT2D eigenvalue weighted by Gasteiger charge is 2.23. The van der Waals surface area contributed by atoms with Gasteiger partial charge in [0, 0.05) is 11.5 Å². The van der Waals surface area contributed by atoms with E-state index in [4.69, 9.17) is 16.6 Å². The van der Waals surface area contributed by atoms with Gasteiger partial charge in [-0.3, -0.25) is 10.1 Å². The molecular weight excluding hydrogens is 394 g/mol. The predicted molar refractivity (Wildman–Crippen MR) is 110 cm³/mol. The summed E-state index contributed by atoms with van der Waals surface area (Å²) in [5.74, 6) is 1.03. The van der Waals surface area contributed by atoms with Gasteiger partial charge in [0.25, 0.3) is 0 Å². The summed E-state index contributed by atoms with van der Waals surface area (Å²) in [6, 6.07) is 9.68. The fraction of sp³-hybridized carbons (Fsp3) is 0.158. The summed E-state index contributed by atoms with van der Waals surface area (Å²) < 4.78 is 1.59. The van der Waals surface area contributed by atoms with Gasteiger partial charge in [-0.25, -0.2) is 15.0 Å². The average Bonchev–Trinajstić information content (AvgIpc) is 3.02. The lowest BCUT2D eigenvalue weighted by atomic mass is 10.1. The molecule has 0 radical (unpaired) electrons. The lowest BCUT2D eigenvalue weighted by Gasteiger charge is -2.12. The van der Waals surface area contributed by atoms with Crippen LogP contribution in [0.15, 0.2) is 36.7 Å². The number of pyridine rings is 1. The lowest BCUT2D eigenvalue weighted by Crippen LogP contribution is -2.08. The number of fused-ring (bicyclic) bond motifs is 1. The van der Waals surface area contributed by atoms with Crippen molar-refractivity contribution in [1.29, 1.82) is 0 Å². The first-order chi connectivity index (χ1) is 13.8. The van der Waals surface area contributed by atoms with Crippen LogP contribution in [0.2, 0.25) is 5.15 Å². The van der Waals surface area contributed by atoms with E-state index in [9.17, 15) is 10.1 Å². The number of nitrogens with one attached hydrogen (secondary N) is 1. The summed E-state index contributed by atoms with van der Waals surface area (Å²) in [7, 11) is 0. The second kappa shape index (κ2) is 7.10. The highest BCUT2D eigenvalue weighted by Crippen LogP contribution is 2.32. The molecule has 0 unspecified atom stereocenters. The van der Waals surface area contributed by atoms with E-state index in [-0.39, 0.29) is 11.0 Å². The van der Waals surface area contributed by atoms with Gasteiger partial charge < -0.3 is 5.32 Å². The summed E-state index contributed by atoms with van der Waals surface area (Å²) in [5.41, 5.74) is 3.27. The van der Waals surface area contributed by atoms with E-state index in [0.29, 0.717) is 17.3 Å². The molecule has 0 aliphatic carbocycles. The van der Waals surface area contributed by atoms with Crippen LogP contribution in [0.5, 0.6) is 0 Å². The van der Waals surface area contributed by atoms with Gasteiger partial charge in [-0.15, -0.1) is 0 Å². The maximum absolute atomic E-state index is 11.4. The Kier molecular flexibility index (Phi) is 4.59. The van der Waals surface area contributed by atoms with Crippen molar-refractivity contribution < 1.29 is 4.92 Å². The number of rotatable bonds is 4. The van der Waals surface area contributed by atoms with E-state index in [0.717, 1.165) is 28.4 Å². The van der Waals surface area contributed by atoms with Crippen molar-refractivity contribution in [3.63, 3.8) is 0 Å². The molecule has 10 heteroatoms. The molecule has 29 heavy (non-hydrogen) atoms. The minimum Gasteiger partial charge on any atom is -0.319 e. The SMILES string of the molecule is Cc1cc(Nc2ncnc(Cl)c2[N+](=O)[O-])n(-c2cc(C)c3cccc(C)c3n2)n1. The van der Waals surface area contributed by atoms with Crippen molar-refractivity contribution in [2.24, 2.45) is 0 Å². The van der Waals surface area contributed by atoms with E-state index < -0.39 is 10.6 Å². The molecule has 4 rings (SSSR count). The minimum atomic E-state index is -0.625. The van der Waals surface area contributed by atoms with Gasteiger partial charge in [0.15, 0.2) is 5.82 Å². The van der Waals surface area contributed by atoms with Gasteiger partial charge in [-0.2, -0.15) is 9.78 Å². The third kappa shape index (κ3) is 3.36. The van der Waals surface area contributed by atoms with Crippen molar-refractivity contribution in [3.05, 3.63) is 68.7 Å². The van der Waals surface area contributed by atoms with E-state index in [1.165, 1.54) is 0 Å². The second-order valence-corrected chi connectivity index (χ2v) is 6.95. The van der Waals surface area contributed by atoms with Crippen LogP contribution in [0, 0.1) is 30.9 Å². The zero-order valence-electron chi connectivity index (χ0n) is 15.8. The molecule has 146 valence electrons. The van der Waals surface area contributed by atoms with Crippen molar-refractivity contribution in [2.45, 2.75) is 20.8 Å². The van der Waals surface area contributed by atoms with Crippen LogP contribution in [0.3, 0.4) is 0 Å². The number of aryl methyl sites for hydroxylation is 3. The molecule has 0 spiro atoms. The molecule has 3 aromatic heterocycles. The number of benzene rings is 1. The summed E-state index contributed by atoms with van der Waals surface area (Å²) in [4.78, 5) is 23.2. The topological polar surface area (TPSA) is 112 Å². The molecule has 1 aromatic carbocycles. The Hall–Kier alpha value is -3.59. The number of nitrogens with zero attached hydrogens (tertiary/aromatic N) is 6. The summed E-state index contributed by atoms with van der Waals surface area (Å²) in [6.45, 7) is 5.83. The molecule has 0 saturated heterocycles. The monoisotopic (exact) mass is 409 g/mol. The van der Waals surface area contributed by atoms with Crippen LogP contribution < -0.4 is 5.32 Å². The number of halogens is 1. The molecule has 0 atom stereocenters. The average molecular weight is 410 g/mol. The Labute approximate surface area is 170 Å². The number of anilines is 2. The normalized spacial score (nSPS) is 11.0. The molecule has 0 amide bonds. The molecule has 4 aromatic rings. The lowest BCUT2D eigenvalue weighted by molar-refractivity contribution is -0.384. The van der Waals surface area contributed by atoms with Gasteiger partial charge in [-0.05, 0) is 38.0 Å². The van der Waals surface area contributed by atoms with Gasteiger partial charge >= 0.3 is 5.69 Å². The third-order valence-corrected chi connectivity index (χ3v) is 4.77. The molecule has 9 nitrogen and oxygen atoms in total. The highest BCUT2D eigenvalue weighted by atomic mass is 35.5. The van der Waals surface area contributed by atoms with Crippen LogP contribution in [-0.4, -0.2) is 29.7 Å². The van der Waals surface area contributed by atoms with Crippen LogP contribution in [0.25, 0.3) is 16.7 Å². The van der Waals surface area contributed by atoms with Crippen molar-refractivity contribution in [2.75, 3.05) is 5.32 Å². The molecule has 0 fully saturated rings. The van der Waals surface area contributed by atoms with E-state index in [1.807, 2.05) is 45.0 Å². The number of nitro groups is 1.